The van der Waals surface area contributed by atoms with Gasteiger partial charge in [-0.2, -0.15) is 0 Å². The molecule has 9 nitrogen and oxygen atoms in total. The number of methoxy groups -OCH3 is 1. The maximum absolute atomic E-state index is 12.9. The quantitative estimate of drug-likeness (QED) is 0.351. The van der Waals surface area contributed by atoms with E-state index in [9.17, 15) is 14.4 Å². The van der Waals surface area contributed by atoms with Gasteiger partial charge in [-0.25, -0.2) is 0 Å². The summed E-state index contributed by atoms with van der Waals surface area (Å²) in [6, 6.07) is 20.4. The lowest BCUT2D eigenvalue weighted by Gasteiger charge is -2.19. The van der Waals surface area contributed by atoms with Gasteiger partial charge < -0.3 is 19.7 Å². The lowest BCUT2D eigenvalue weighted by atomic mass is 10.1. The van der Waals surface area contributed by atoms with Gasteiger partial charge in [-0.05, 0) is 54.8 Å². The monoisotopic (exact) mass is 516 g/mol. The second-order valence-corrected chi connectivity index (χ2v) is 9.03. The number of ether oxygens (including phenoxy) is 2. The third-order valence-electron chi connectivity index (χ3n) is 6.44. The van der Waals surface area contributed by atoms with Crippen molar-refractivity contribution in [3.8, 4) is 11.5 Å². The molecule has 1 atom stereocenters. The maximum atomic E-state index is 12.9. The average molecular weight is 517 g/mol. The average Bonchev–Trinajstić information content (AvgIpc) is 3.33. The minimum atomic E-state index is -0.518. The van der Waals surface area contributed by atoms with Gasteiger partial charge in [0.2, 0.25) is 11.8 Å². The molecule has 0 unspecified atom stereocenters. The number of nitrogens with zero attached hydrogens (tertiary/aromatic N) is 1. The fourth-order valence-corrected chi connectivity index (χ4v) is 4.24. The van der Waals surface area contributed by atoms with E-state index in [1.54, 1.807) is 23.1 Å². The normalized spacial score (nSPS) is 14.7. The number of rotatable bonds is 10. The first kappa shape index (κ1) is 26.5. The molecule has 3 N–H and O–H groups in total. The summed E-state index contributed by atoms with van der Waals surface area (Å²) in [5, 5.41) is 2.82. The Morgan fingerprint density at radius 2 is 1.74 bits per heavy atom. The Bertz CT molecular complexity index is 1310. The molecule has 1 fully saturated rings. The molecule has 4 rings (SSSR count). The summed E-state index contributed by atoms with van der Waals surface area (Å²) < 4.78 is 11.2. The van der Waals surface area contributed by atoms with E-state index < -0.39 is 5.92 Å². The highest BCUT2D eigenvalue weighted by Gasteiger charge is 2.35. The van der Waals surface area contributed by atoms with Gasteiger partial charge in [0.05, 0.1) is 18.7 Å². The standard InChI is InChI=1S/C29H32N4O5/c1-4-20-12-14-22(15-13-20)33-17-21(16-27(33)35)29(36)32-31-24-10-7-11-25(37-3)28(24)38-18-26(34)30-23-9-6-5-8-19(23)2/h5-15,21,31H,4,16-18H2,1-3H3,(H,30,34)(H,32,36)/t21-/m0/s1. The van der Waals surface area contributed by atoms with Crippen molar-refractivity contribution >= 4 is 34.8 Å². The van der Waals surface area contributed by atoms with Crippen LogP contribution in [0.3, 0.4) is 0 Å². The molecule has 1 saturated heterocycles. The smallest absolute Gasteiger partial charge is 0.262 e. The van der Waals surface area contributed by atoms with E-state index in [1.807, 2.05) is 55.5 Å². The summed E-state index contributed by atoms with van der Waals surface area (Å²) in [7, 11) is 1.49. The van der Waals surface area contributed by atoms with Crippen LogP contribution in [0.25, 0.3) is 0 Å². The zero-order valence-corrected chi connectivity index (χ0v) is 21.7. The van der Waals surface area contributed by atoms with Crippen LogP contribution in [0.15, 0.2) is 66.7 Å². The number of carbonyl (C=O) groups excluding carboxylic acids is 3. The van der Waals surface area contributed by atoms with Crippen LogP contribution in [0.4, 0.5) is 17.1 Å². The molecule has 9 heteroatoms. The van der Waals surface area contributed by atoms with Crippen molar-refractivity contribution in [2.24, 2.45) is 5.92 Å². The molecule has 1 heterocycles. The van der Waals surface area contributed by atoms with E-state index >= 15 is 0 Å². The molecule has 3 aromatic rings. The number of amides is 3. The van der Waals surface area contributed by atoms with E-state index in [2.05, 4.69) is 23.1 Å². The molecule has 0 saturated carbocycles. The van der Waals surface area contributed by atoms with Gasteiger partial charge in [-0.15, -0.1) is 0 Å². The van der Waals surface area contributed by atoms with Crippen LogP contribution in [0.1, 0.15) is 24.5 Å². The highest BCUT2D eigenvalue weighted by Crippen LogP contribution is 2.35. The van der Waals surface area contributed by atoms with E-state index in [0.717, 1.165) is 17.7 Å². The fraction of sp³-hybridized carbons (Fsp3) is 0.276. The largest absolute Gasteiger partial charge is 0.493 e. The van der Waals surface area contributed by atoms with Crippen LogP contribution in [0.2, 0.25) is 0 Å². The van der Waals surface area contributed by atoms with E-state index in [0.29, 0.717) is 23.7 Å². The Balaban J connectivity index is 1.37. The molecule has 0 bridgehead atoms. The van der Waals surface area contributed by atoms with Crippen molar-refractivity contribution in [2.75, 3.05) is 35.9 Å². The second kappa shape index (κ2) is 12.1. The van der Waals surface area contributed by atoms with E-state index in [1.165, 1.54) is 12.7 Å². The SMILES string of the molecule is CCc1ccc(N2C[C@@H](C(=O)NNc3cccc(OC)c3OCC(=O)Nc3ccccc3C)CC2=O)cc1. The molecule has 0 aliphatic carbocycles. The van der Waals surface area contributed by atoms with Gasteiger partial charge in [0.25, 0.3) is 5.91 Å². The van der Waals surface area contributed by atoms with Crippen molar-refractivity contribution in [1.82, 2.24) is 5.43 Å². The fourth-order valence-electron chi connectivity index (χ4n) is 4.24. The predicted molar refractivity (Wildman–Crippen MR) is 146 cm³/mol. The highest BCUT2D eigenvalue weighted by atomic mass is 16.5. The highest BCUT2D eigenvalue weighted by molar-refractivity contribution is 6.00. The molecule has 0 radical (unpaired) electrons. The number of benzene rings is 3. The zero-order chi connectivity index (χ0) is 27.1. The third-order valence-corrected chi connectivity index (χ3v) is 6.44. The number of aryl methyl sites for hydroxylation is 2. The zero-order valence-electron chi connectivity index (χ0n) is 21.7. The first-order valence-corrected chi connectivity index (χ1v) is 12.5. The Hall–Kier alpha value is -4.53. The van der Waals surface area contributed by atoms with Gasteiger partial charge in [0.1, 0.15) is 0 Å². The number of hydrazine groups is 1. The topological polar surface area (TPSA) is 109 Å². The molecule has 3 amide bonds. The van der Waals surface area contributed by atoms with Crippen molar-refractivity contribution in [3.63, 3.8) is 0 Å². The van der Waals surface area contributed by atoms with Gasteiger partial charge in [-0.3, -0.25) is 25.2 Å². The summed E-state index contributed by atoms with van der Waals surface area (Å²) >= 11 is 0. The molecule has 1 aliphatic heterocycles. The van der Waals surface area contributed by atoms with Crippen LogP contribution in [-0.2, 0) is 20.8 Å². The lowest BCUT2D eigenvalue weighted by molar-refractivity contribution is -0.125. The Labute approximate surface area is 222 Å². The van der Waals surface area contributed by atoms with Crippen LogP contribution in [0.5, 0.6) is 11.5 Å². The summed E-state index contributed by atoms with van der Waals surface area (Å²) in [6.07, 6.45) is 1.03. The molecule has 198 valence electrons. The number of carbonyl (C=O) groups is 3. The Morgan fingerprint density at radius 3 is 2.45 bits per heavy atom. The Kier molecular flexibility index (Phi) is 8.47. The van der Waals surface area contributed by atoms with Crippen molar-refractivity contribution in [3.05, 3.63) is 77.9 Å². The summed E-state index contributed by atoms with van der Waals surface area (Å²) in [5.74, 6) is -0.606. The minimum Gasteiger partial charge on any atom is -0.493 e. The first-order chi connectivity index (χ1) is 18.4. The minimum absolute atomic E-state index is 0.0977. The third kappa shape index (κ3) is 6.23. The van der Waals surface area contributed by atoms with Crippen molar-refractivity contribution in [1.29, 1.82) is 0 Å². The molecule has 0 spiro atoms. The summed E-state index contributed by atoms with van der Waals surface area (Å²) in [6.45, 7) is 4.00. The van der Waals surface area contributed by atoms with Crippen molar-refractivity contribution < 1.29 is 23.9 Å². The van der Waals surface area contributed by atoms with Gasteiger partial charge in [0, 0.05) is 24.3 Å². The van der Waals surface area contributed by atoms with Crippen LogP contribution >= 0.6 is 0 Å². The van der Waals surface area contributed by atoms with E-state index in [4.69, 9.17) is 9.47 Å². The Morgan fingerprint density at radius 1 is 1.00 bits per heavy atom. The lowest BCUT2D eigenvalue weighted by Crippen LogP contribution is -2.36. The molecular formula is C29H32N4O5. The number of hydrogen-bond acceptors (Lipinski definition) is 6. The molecule has 3 aromatic carbocycles. The molecule has 1 aliphatic rings. The summed E-state index contributed by atoms with van der Waals surface area (Å²) in [4.78, 5) is 39.7. The first-order valence-electron chi connectivity index (χ1n) is 12.5. The number of hydrogen-bond donors (Lipinski definition) is 3. The van der Waals surface area contributed by atoms with Crippen LogP contribution < -0.4 is 30.5 Å². The number of anilines is 3. The summed E-state index contributed by atoms with van der Waals surface area (Å²) in [5.41, 5.74) is 9.56. The predicted octanol–water partition coefficient (Wildman–Crippen LogP) is 4.08. The van der Waals surface area contributed by atoms with Crippen LogP contribution in [0, 0.1) is 12.8 Å². The number of para-hydroxylation sites is 2. The second-order valence-electron chi connectivity index (χ2n) is 9.03. The van der Waals surface area contributed by atoms with Gasteiger partial charge >= 0.3 is 0 Å². The van der Waals surface area contributed by atoms with Crippen LogP contribution in [-0.4, -0.2) is 38.0 Å². The van der Waals surface area contributed by atoms with Gasteiger partial charge in [-0.1, -0.05) is 43.3 Å². The molecule has 0 aromatic heterocycles. The molecular weight excluding hydrogens is 484 g/mol. The van der Waals surface area contributed by atoms with Gasteiger partial charge in [0.15, 0.2) is 18.1 Å². The maximum Gasteiger partial charge on any atom is 0.262 e. The van der Waals surface area contributed by atoms with Crippen molar-refractivity contribution in [2.45, 2.75) is 26.7 Å². The van der Waals surface area contributed by atoms with E-state index in [-0.39, 0.29) is 36.5 Å². The molecule has 38 heavy (non-hydrogen) atoms. The number of nitrogens with one attached hydrogen (secondary N) is 3.